The number of fused-ring (bicyclic) bond motifs is 5. The average Bonchev–Trinajstić information content (AvgIpc) is 3.63. The Morgan fingerprint density at radius 3 is 2.31 bits per heavy atom. The van der Waals surface area contributed by atoms with Crippen LogP contribution in [0.15, 0.2) is 54.6 Å². The molecule has 0 N–H and O–H groups in total. The lowest BCUT2D eigenvalue weighted by molar-refractivity contribution is -0.139. The van der Waals surface area contributed by atoms with E-state index in [1.165, 1.54) is 4.90 Å². The van der Waals surface area contributed by atoms with Crippen molar-refractivity contribution in [2.24, 2.45) is 29.6 Å². The minimum absolute atomic E-state index is 0.0773. The van der Waals surface area contributed by atoms with Crippen molar-refractivity contribution in [3.63, 3.8) is 0 Å². The normalized spacial score (nSPS) is 30.2. The second-order valence-electron chi connectivity index (χ2n) is 10.3. The summed E-state index contributed by atoms with van der Waals surface area (Å²) in [7, 11) is 0. The third kappa shape index (κ3) is 3.56. The number of carbonyl (C=O) groups is 4. The van der Waals surface area contributed by atoms with Crippen LogP contribution in [0.2, 0.25) is 0 Å². The lowest BCUT2D eigenvalue weighted by Gasteiger charge is -2.25. The first-order chi connectivity index (χ1) is 16.9. The monoisotopic (exact) mass is 472 g/mol. The summed E-state index contributed by atoms with van der Waals surface area (Å²) in [5.41, 5.74) is 1.46. The number of carbonyl (C=O) groups excluding carboxylic acids is 4. The fourth-order valence-electron chi connectivity index (χ4n) is 6.72. The molecule has 7 nitrogen and oxygen atoms in total. The van der Waals surface area contributed by atoms with Gasteiger partial charge < -0.3 is 9.64 Å². The summed E-state index contributed by atoms with van der Waals surface area (Å²) in [6, 6.07) is 16.2. The van der Waals surface area contributed by atoms with Gasteiger partial charge in [-0.05, 0) is 55.7 Å². The summed E-state index contributed by atoms with van der Waals surface area (Å²) in [6.45, 7) is 2.25. The molecular formula is C28H28N2O5. The molecular weight excluding hydrogens is 444 g/mol. The molecule has 0 spiro atoms. The van der Waals surface area contributed by atoms with Gasteiger partial charge in [0.1, 0.15) is 5.75 Å². The second-order valence-corrected chi connectivity index (χ2v) is 10.3. The highest BCUT2D eigenvalue weighted by Crippen LogP contribution is 2.56. The third-order valence-electron chi connectivity index (χ3n) is 8.46. The molecule has 0 unspecified atom stereocenters. The molecule has 7 heteroatoms. The van der Waals surface area contributed by atoms with Crippen molar-refractivity contribution < 1.29 is 23.9 Å². The summed E-state index contributed by atoms with van der Waals surface area (Å²) < 4.78 is 5.63. The van der Waals surface area contributed by atoms with Crippen LogP contribution in [0.3, 0.4) is 0 Å². The minimum atomic E-state index is -0.567. The first kappa shape index (κ1) is 22.0. The maximum Gasteiger partial charge on any atom is 0.316 e. The van der Waals surface area contributed by atoms with Gasteiger partial charge in [0.05, 0.1) is 29.5 Å². The maximum atomic E-state index is 13.1. The Morgan fingerprint density at radius 2 is 1.63 bits per heavy atom. The molecule has 3 amide bonds. The van der Waals surface area contributed by atoms with Crippen molar-refractivity contribution in [2.45, 2.75) is 38.6 Å². The van der Waals surface area contributed by atoms with Crippen LogP contribution in [0.4, 0.5) is 5.69 Å². The van der Waals surface area contributed by atoms with Gasteiger partial charge in [-0.25, -0.2) is 4.90 Å². The summed E-state index contributed by atoms with van der Waals surface area (Å²) >= 11 is 0. The lowest BCUT2D eigenvalue weighted by Crippen LogP contribution is -2.32. The van der Waals surface area contributed by atoms with Gasteiger partial charge in [-0.3, -0.25) is 19.2 Å². The van der Waals surface area contributed by atoms with Crippen molar-refractivity contribution in [1.29, 1.82) is 0 Å². The molecule has 2 aromatic rings. The third-order valence-corrected chi connectivity index (χ3v) is 8.46. The van der Waals surface area contributed by atoms with Gasteiger partial charge in [-0.1, -0.05) is 36.4 Å². The Morgan fingerprint density at radius 1 is 0.943 bits per heavy atom. The molecule has 2 bridgehead atoms. The zero-order valence-corrected chi connectivity index (χ0v) is 19.6. The quantitative estimate of drug-likeness (QED) is 0.376. The minimum Gasteiger partial charge on any atom is -0.426 e. The number of rotatable bonds is 5. The van der Waals surface area contributed by atoms with Crippen LogP contribution in [0.1, 0.15) is 44.2 Å². The number of hydrogen-bond acceptors (Lipinski definition) is 5. The van der Waals surface area contributed by atoms with Crippen molar-refractivity contribution in [3.8, 4) is 5.75 Å². The standard InChI is InChI=1S/C28H28N2O5/c1-16(17-6-3-2-4-7-17)29-15-20(13-23(29)31)28(34)35-22-9-5-8-21(14-22)30-26(32)24-18-10-11-19(12-18)25(24)27(30)33/h2-9,14,16,18-20,24-25H,10-13,15H2,1H3/t16-,18+,19+,20-,24-,25-/m1/s1. The van der Waals surface area contributed by atoms with Crippen LogP contribution in [0.5, 0.6) is 5.75 Å². The van der Waals surface area contributed by atoms with E-state index in [0.717, 1.165) is 24.8 Å². The number of anilines is 1. The van der Waals surface area contributed by atoms with E-state index in [4.69, 9.17) is 4.74 Å². The summed E-state index contributed by atoms with van der Waals surface area (Å²) in [5.74, 6) is -0.868. The van der Waals surface area contributed by atoms with Gasteiger partial charge in [-0.15, -0.1) is 0 Å². The highest BCUT2D eigenvalue weighted by molar-refractivity contribution is 6.22. The number of ether oxygens (including phenoxy) is 1. The zero-order valence-electron chi connectivity index (χ0n) is 19.6. The number of likely N-dealkylation sites (tertiary alicyclic amines) is 1. The van der Waals surface area contributed by atoms with E-state index >= 15 is 0 Å². The van der Waals surface area contributed by atoms with Gasteiger partial charge in [0.15, 0.2) is 0 Å². The highest BCUT2D eigenvalue weighted by atomic mass is 16.5. The molecule has 2 saturated carbocycles. The molecule has 35 heavy (non-hydrogen) atoms. The Hall–Kier alpha value is -3.48. The van der Waals surface area contributed by atoms with Crippen LogP contribution in [0, 0.1) is 29.6 Å². The van der Waals surface area contributed by atoms with E-state index in [9.17, 15) is 19.2 Å². The summed E-state index contributed by atoms with van der Waals surface area (Å²) in [5, 5.41) is 0. The Balaban J connectivity index is 1.15. The maximum absolute atomic E-state index is 13.1. The van der Waals surface area contributed by atoms with Crippen molar-refractivity contribution in [3.05, 3.63) is 60.2 Å². The molecule has 0 aromatic heterocycles. The van der Waals surface area contributed by atoms with E-state index < -0.39 is 11.9 Å². The molecule has 2 aromatic carbocycles. The van der Waals surface area contributed by atoms with Gasteiger partial charge in [-0.2, -0.15) is 0 Å². The molecule has 2 aliphatic carbocycles. The van der Waals surface area contributed by atoms with Crippen LogP contribution >= 0.6 is 0 Å². The SMILES string of the molecule is C[C@H](c1ccccc1)N1C[C@H](C(=O)Oc2cccc(N3C(=O)[C@@H]4[C@H]5CC[C@@H](C5)[C@H]4C3=O)c2)CC1=O. The van der Waals surface area contributed by atoms with Gasteiger partial charge in [0.2, 0.25) is 17.7 Å². The van der Waals surface area contributed by atoms with Crippen LogP contribution in [0.25, 0.3) is 0 Å². The number of imide groups is 1. The smallest absolute Gasteiger partial charge is 0.316 e. The average molecular weight is 473 g/mol. The van der Waals surface area contributed by atoms with Crippen LogP contribution in [-0.2, 0) is 19.2 Å². The molecule has 2 aliphatic heterocycles. The van der Waals surface area contributed by atoms with Gasteiger partial charge >= 0.3 is 5.97 Å². The summed E-state index contributed by atoms with van der Waals surface area (Å²) in [6.07, 6.45) is 3.13. The van der Waals surface area contributed by atoms with E-state index in [2.05, 4.69) is 0 Å². The topological polar surface area (TPSA) is 84.0 Å². The Bertz CT molecular complexity index is 1180. The predicted molar refractivity (Wildman–Crippen MR) is 127 cm³/mol. The second kappa shape index (κ2) is 8.33. The number of nitrogens with zero attached hydrogens (tertiary/aromatic N) is 2. The molecule has 6 rings (SSSR count). The zero-order chi connectivity index (χ0) is 24.3. The fraction of sp³-hybridized carbons (Fsp3) is 0.429. The largest absolute Gasteiger partial charge is 0.426 e. The molecule has 4 fully saturated rings. The van der Waals surface area contributed by atoms with Crippen molar-refractivity contribution in [2.75, 3.05) is 11.4 Å². The first-order valence-electron chi connectivity index (χ1n) is 12.5. The number of benzene rings is 2. The molecule has 0 radical (unpaired) electrons. The first-order valence-corrected chi connectivity index (χ1v) is 12.5. The number of esters is 1. The summed E-state index contributed by atoms with van der Waals surface area (Å²) in [4.78, 5) is 54.9. The molecule has 4 aliphatic rings. The predicted octanol–water partition coefficient (Wildman–Crippen LogP) is 3.74. The van der Waals surface area contributed by atoms with Crippen LogP contribution in [-0.4, -0.2) is 35.1 Å². The van der Waals surface area contributed by atoms with Gasteiger partial charge in [0, 0.05) is 19.0 Å². The lowest BCUT2D eigenvalue weighted by atomic mass is 9.81. The number of hydrogen-bond donors (Lipinski definition) is 0. The van der Waals surface area contributed by atoms with E-state index in [1.54, 1.807) is 29.2 Å². The van der Waals surface area contributed by atoms with Gasteiger partial charge in [0.25, 0.3) is 0 Å². The Labute approximate surface area is 204 Å². The fourth-order valence-corrected chi connectivity index (χ4v) is 6.72. The Kier molecular flexibility index (Phi) is 5.24. The highest BCUT2D eigenvalue weighted by Gasteiger charge is 2.61. The molecule has 2 heterocycles. The molecule has 180 valence electrons. The van der Waals surface area contributed by atoms with E-state index in [-0.39, 0.29) is 47.8 Å². The molecule has 6 atom stereocenters. The van der Waals surface area contributed by atoms with E-state index in [0.29, 0.717) is 24.1 Å². The van der Waals surface area contributed by atoms with E-state index in [1.807, 2.05) is 37.3 Å². The van der Waals surface area contributed by atoms with Crippen molar-refractivity contribution in [1.82, 2.24) is 4.90 Å². The number of amides is 3. The van der Waals surface area contributed by atoms with Crippen LogP contribution < -0.4 is 9.64 Å². The van der Waals surface area contributed by atoms with Crippen molar-refractivity contribution >= 4 is 29.4 Å². The molecule has 2 saturated heterocycles.